The average molecular weight is 832 g/mol. The Morgan fingerprint density at radius 3 is 2.53 bits per heavy atom. The Hall–Kier alpha value is -4.61. The maximum atomic E-state index is 14.7. The van der Waals surface area contributed by atoms with Crippen molar-refractivity contribution in [3.05, 3.63) is 41.6 Å². The molecule has 14 nitrogen and oxygen atoms in total. The highest BCUT2D eigenvalue weighted by Gasteiger charge is 2.64. The van der Waals surface area contributed by atoms with E-state index in [2.05, 4.69) is 25.1 Å². The minimum atomic E-state index is -4.90. The third-order valence-corrected chi connectivity index (χ3v) is 15.0. The van der Waals surface area contributed by atoms with E-state index >= 15 is 0 Å². The van der Waals surface area contributed by atoms with Gasteiger partial charge < -0.3 is 29.7 Å². The van der Waals surface area contributed by atoms with Gasteiger partial charge in [0.05, 0.1) is 22.5 Å². The van der Waals surface area contributed by atoms with Crippen LogP contribution in [0.5, 0.6) is 11.5 Å². The normalized spacial score (nSPS) is 30.2. The molecular formula is C40H48F3N5O9S. The van der Waals surface area contributed by atoms with E-state index in [0.29, 0.717) is 60.0 Å². The fraction of sp³-hybridized carbons (Fsp3) is 0.625. The molecule has 3 N–H and O–H groups in total. The molecule has 3 aliphatic heterocycles. The Labute approximate surface area is 334 Å². The monoisotopic (exact) mass is 831 g/mol. The molecule has 4 heterocycles. The van der Waals surface area contributed by atoms with Gasteiger partial charge in [-0.3, -0.25) is 19.1 Å². The average Bonchev–Trinajstić information content (AvgIpc) is 4.03. The Kier molecular flexibility index (Phi) is 10.1. The van der Waals surface area contributed by atoms with Crippen LogP contribution in [-0.4, -0.2) is 89.1 Å². The van der Waals surface area contributed by atoms with E-state index in [1.54, 1.807) is 13.8 Å². The molecule has 2 aromatic rings. The summed E-state index contributed by atoms with van der Waals surface area (Å²) in [5, 5.41) is 6.04. The number of sulfonamides is 1. The van der Waals surface area contributed by atoms with Crippen molar-refractivity contribution in [2.75, 3.05) is 6.54 Å². The Morgan fingerprint density at radius 2 is 1.83 bits per heavy atom. The summed E-state index contributed by atoms with van der Waals surface area (Å²) in [7, 11) is -4.04. The number of amides is 4. The van der Waals surface area contributed by atoms with Crippen molar-refractivity contribution < 1.29 is 55.0 Å². The molecule has 4 fully saturated rings. The molecule has 5 atom stereocenters. The summed E-state index contributed by atoms with van der Waals surface area (Å²) in [5.41, 5.74) is -1.26. The summed E-state index contributed by atoms with van der Waals surface area (Å²) in [5.74, 6) is -2.66. The Bertz CT molecular complexity index is 2180. The maximum absolute atomic E-state index is 14.7. The number of hydrogen-bond acceptors (Lipinski definition) is 10. The molecule has 3 aliphatic carbocycles. The van der Waals surface area contributed by atoms with E-state index in [9.17, 15) is 40.8 Å². The van der Waals surface area contributed by atoms with Crippen LogP contribution in [0.3, 0.4) is 0 Å². The van der Waals surface area contributed by atoms with Gasteiger partial charge >= 0.3 is 12.5 Å². The third-order valence-electron chi connectivity index (χ3n) is 12.8. The van der Waals surface area contributed by atoms with Gasteiger partial charge in [-0.05, 0) is 103 Å². The van der Waals surface area contributed by atoms with Gasteiger partial charge in [-0.2, -0.15) is 0 Å². The van der Waals surface area contributed by atoms with Crippen molar-refractivity contribution in [1.82, 2.24) is 25.2 Å². The number of alkyl halides is 3. The Balaban J connectivity index is 1.12. The van der Waals surface area contributed by atoms with E-state index in [0.717, 1.165) is 32.1 Å². The fourth-order valence-corrected chi connectivity index (χ4v) is 10.00. The number of fused-ring (bicyclic) bond motifs is 5. The number of benzene rings is 1. The van der Waals surface area contributed by atoms with Crippen molar-refractivity contribution in [2.24, 2.45) is 5.92 Å². The highest BCUT2D eigenvalue weighted by molar-refractivity contribution is 7.91. The van der Waals surface area contributed by atoms with Crippen LogP contribution in [0, 0.1) is 12.8 Å². The number of pyridine rings is 1. The molecule has 3 saturated carbocycles. The lowest BCUT2D eigenvalue weighted by Gasteiger charge is -2.37. The molecular weight excluding hydrogens is 784 g/mol. The summed E-state index contributed by atoms with van der Waals surface area (Å²) < 4.78 is 83.5. The number of nitrogens with one attached hydrogen (secondary N) is 3. The molecule has 18 heteroatoms. The van der Waals surface area contributed by atoms with Crippen molar-refractivity contribution in [3.63, 3.8) is 0 Å². The van der Waals surface area contributed by atoms with Crippen LogP contribution in [-0.2, 0) is 35.6 Å². The lowest BCUT2D eigenvalue weighted by atomic mass is 9.87. The second kappa shape index (κ2) is 14.6. The second-order valence-electron chi connectivity index (χ2n) is 17.1. The fourth-order valence-electron chi connectivity index (χ4n) is 8.68. The predicted molar refractivity (Wildman–Crippen MR) is 202 cm³/mol. The zero-order chi connectivity index (χ0) is 41.3. The quantitative estimate of drug-likeness (QED) is 0.330. The largest absolute Gasteiger partial charge is 0.573 e. The first kappa shape index (κ1) is 40.2. The number of ether oxygens (including phenoxy) is 3. The first-order chi connectivity index (χ1) is 27.4. The lowest BCUT2D eigenvalue weighted by Crippen LogP contribution is -2.58. The first-order valence-electron chi connectivity index (χ1n) is 20.1. The lowest BCUT2D eigenvalue weighted by molar-refractivity contribution is -0.274. The molecule has 314 valence electrons. The number of aryl methyl sites for hydroxylation is 2. The molecule has 0 radical (unpaired) electrons. The molecule has 8 rings (SSSR count). The molecule has 0 bridgehead atoms. The molecule has 1 saturated heterocycles. The van der Waals surface area contributed by atoms with Crippen molar-refractivity contribution in [3.8, 4) is 11.5 Å². The number of hydrogen-bond donors (Lipinski definition) is 3. The van der Waals surface area contributed by atoms with E-state index < -0.39 is 79.8 Å². The summed E-state index contributed by atoms with van der Waals surface area (Å²) in [6.07, 6.45) is 4.73. The second-order valence-corrected chi connectivity index (χ2v) is 19.3. The van der Waals surface area contributed by atoms with Gasteiger partial charge in [0.25, 0.3) is 5.91 Å². The molecule has 1 aromatic carbocycles. The summed E-state index contributed by atoms with van der Waals surface area (Å²) >= 11 is 0. The van der Waals surface area contributed by atoms with Gasteiger partial charge in [0.1, 0.15) is 40.8 Å². The maximum Gasteiger partial charge on any atom is 0.573 e. The van der Waals surface area contributed by atoms with Crippen LogP contribution in [0.25, 0.3) is 10.9 Å². The van der Waals surface area contributed by atoms with Crippen molar-refractivity contribution in [2.45, 2.75) is 144 Å². The number of nitrogens with zero attached hydrogens (tertiary/aromatic N) is 2. The molecule has 4 amide bonds. The number of halogens is 3. The van der Waals surface area contributed by atoms with Crippen LogP contribution in [0.4, 0.5) is 18.0 Å². The number of allylic oxidation sites excluding steroid dienone is 1. The molecule has 6 aliphatic rings. The van der Waals surface area contributed by atoms with Gasteiger partial charge in [-0.15, -0.1) is 13.2 Å². The number of aromatic nitrogens is 1. The Morgan fingerprint density at radius 1 is 1.05 bits per heavy atom. The smallest absolute Gasteiger partial charge is 0.483 e. The summed E-state index contributed by atoms with van der Waals surface area (Å²) in [6, 6.07) is 1.63. The molecule has 58 heavy (non-hydrogen) atoms. The van der Waals surface area contributed by atoms with Crippen LogP contribution in [0.1, 0.15) is 102 Å². The minimum Gasteiger partial charge on any atom is -0.483 e. The van der Waals surface area contributed by atoms with E-state index in [1.165, 1.54) is 23.1 Å². The van der Waals surface area contributed by atoms with Crippen LogP contribution >= 0.6 is 0 Å². The zero-order valence-corrected chi connectivity index (χ0v) is 33.2. The first-order valence-corrected chi connectivity index (χ1v) is 21.6. The third kappa shape index (κ3) is 7.79. The van der Waals surface area contributed by atoms with Crippen LogP contribution in [0.2, 0.25) is 0 Å². The molecule has 1 aromatic heterocycles. The molecule has 1 unspecified atom stereocenters. The van der Waals surface area contributed by atoms with Gasteiger partial charge in [0, 0.05) is 23.3 Å². The summed E-state index contributed by atoms with van der Waals surface area (Å²) in [4.78, 5) is 62.3. The van der Waals surface area contributed by atoms with Crippen molar-refractivity contribution >= 4 is 44.7 Å². The van der Waals surface area contributed by atoms with E-state index in [1.807, 2.05) is 12.2 Å². The van der Waals surface area contributed by atoms with E-state index in [-0.39, 0.29) is 38.3 Å². The van der Waals surface area contributed by atoms with Gasteiger partial charge in [0.15, 0.2) is 0 Å². The van der Waals surface area contributed by atoms with Crippen LogP contribution in [0.15, 0.2) is 30.4 Å². The standard InChI is InChI=1S/C40H48F3N5O9S/c1-23-32-27(28-19-26(56-40(41,42)43)13-14-29(28)44-23)15-16-38(57-32)21-31-33(49)46-39(35(51)47-58(53,54)37(2)17-18-37)20-24(39)9-6-4-3-5-7-12-30(34(50)48(31)22-38)45-36(52)55-25-10-8-11-25/h6,9,13-14,19,24-25,30-31H,3-5,7-8,10-12,15-18,20-22H2,1-2H3,(H,45,52)(H,46,49)(H,47,51)/b9-6-/t24?,30-,31-,38+,39+/m0/s1. The van der Waals surface area contributed by atoms with Crippen LogP contribution < -0.4 is 24.8 Å². The number of carbonyl (C=O) groups is 4. The number of carbonyl (C=O) groups excluding carboxylic acids is 4. The number of alkyl carbamates (subject to hydrolysis) is 1. The predicted octanol–water partition coefficient (Wildman–Crippen LogP) is 5.15. The highest BCUT2D eigenvalue weighted by Crippen LogP contribution is 2.49. The minimum absolute atomic E-state index is 0.0352. The SMILES string of the molecule is Cc1nc2ccc(OC(F)(F)F)cc2c2c1O[C@]1(CC2)C[C@H]2C(=O)N[C@]3(C(=O)NS(=O)(=O)C4(C)CC4)CC3/C=C\CCCCC[C@H](NC(=O)OC3CCC3)C(=O)N2C1. The van der Waals surface area contributed by atoms with Gasteiger partial charge in [-0.1, -0.05) is 25.0 Å². The van der Waals surface area contributed by atoms with E-state index in [4.69, 9.17) is 9.47 Å². The highest BCUT2D eigenvalue weighted by atomic mass is 32.2. The van der Waals surface area contributed by atoms with Gasteiger partial charge in [0.2, 0.25) is 21.8 Å². The topological polar surface area (TPSA) is 182 Å². The summed E-state index contributed by atoms with van der Waals surface area (Å²) in [6.45, 7) is 3.17. The zero-order valence-electron chi connectivity index (χ0n) is 32.4. The molecule has 1 spiro atoms. The van der Waals surface area contributed by atoms with Gasteiger partial charge in [-0.25, -0.2) is 18.2 Å². The van der Waals surface area contributed by atoms with Crippen molar-refractivity contribution in [1.29, 1.82) is 0 Å². The number of rotatable bonds is 6.